The molecule has 0 fully saturated rings. The van der Waals surface area contributed by atoms with E-state index < -0.39 is 0 Å². The molecule has 1 aliphatic rings. The molecule has 3 nitrogen and oxygen atoms in total. The van der Waals surface area contributed by atoms with Crippen molar-refractivity contribution in [1.29, 1.82) is 0 Å². The number of fused-ring (bicyclic) bond motifs is 1. The van der Waals surface area contributed by atoms with Crippen LogP contribution in [0, 0.1) is 12.3 Å². The highest BCUT2D eigenvalue weighted by Gasteiger charge is 2.13. The Hall–Kier alpha value is -1.51. The molecule has 0 saturated heterocycles. The van der Waals surface area contributed by atoms with Crippen molar-refractivity contribution in [3.8, 4) is 0 Å². The summed E-state index contributed by atoms with van der Waals surface area (Å²) in [6.45, 7) is 6.14. The fourth-order valence-electron chi connectivity index (χ4n) is 1.32. The Bertz CT molecular complexity index is 417. The zero-order chi connectivity index (χ0) is 10.2. The molecule has 14 heavy (non-hydrogen) atoms. The van der Waals surface area contributed by atoms with Crippen LogP contribution in [-0.2, 0) is 0 Å². The van der Waals surface area contributed by atoms with Crippen LogP contribution >= 0.6 is 0 Å². The number of hydrogen-bond acceptors (Lipinski definition) is 3. The first kappa shape index (κ1) is 9.06. The van der Waals surface area contributed by atoms with Crippen LogP contribution in [0.15, 0.2) is 12.2 Å². The van der Waals surface area contributed by atoms with Crippen LogP contribution in [0.2, 0.25) is 0 Å². The summed E-state index contributed by atoms with van der Waals surface area (Å²) >= 11 is 0. The van der Waals surface area contributed by atoms with Gasteiger partial charge in [-0.15, -0.1) is 10.2 Å². The average Bonchev–Trinajstić information content (AvgIpc) is 2.26. The van der Waals surface area contributed by atoms with Crippen molar-refractivity contribution in [3.05, 3.63) is 29.4 Å². The first-order valence-electron chi connectivity index (χ1n) is 4.67. The molecule has 2 rings (SSSR count). The number of allylic oxidation sites excluding steroid dienone is 2. The van der Waals surface area contributed by atoms with E-state index in [2.05, 4.69) is 41.2 Å². The smallest absolute Gasteiger partial charge is 0.148 e. The normalized spacial score (nSPS) is 17.6. The Labute approximate surface area is 83.6 Å². The van der Waals surface area contributed by atoms with Crippen molar-refractivity contribution in [2.45, 2.75) is 20.8 Å². The van der Waals surface area contributed by atoms with E-state index in [-0.39, 0.29) is 5.41 Å². The van der Waals surface area contributed by atoms with E-state index in [1.54, 1.807) is 0 Å². The average molecular weight is 187 g/mol. The summed E-state index contributed by atoms with van der Waals surface area (Å²) in [7, 11) is 0. The Kier molecular flexibility index (Phi) is 1.95. The molecule has 0 spiro atoms. The number of hydrogen-bond donors (Lipinski definition) is 0. The van der Waals surface area contributed by atoms with Crippen LogP contribution in [0.25, 0.3) is 12.2 Å². The molecule has 72 valence electrons. The third-order valence-corrected chi connectivity index (χ3v) is 2.19. The second kappa shape index (κ2) is 3.01. The van der Waals surface area contributed by atoms with Crippen molar-refractivity contribution in [1.82, 2.24) is 15.2 Å². The molecule has 0 N–H and O–H groups in total. The molecule has 0 radical (unpaired) electrons. The van der Waals surface area contributed by atoms with Crippen LogP contribution in [0.4, 0.5) is 0 Å². The summed E-state index contributed by atoms with van der Waals surface area (Å²) in [5.74, 6) is 0.710. The highest BCUT2D eigenvalue weighted by molar-refractivity contribution is 5.62. The van der Waals surface area contributed by atoms with Crippen molar-refractivity contribution >= 4 is 12.2 Å². The van der Waals surface area contributed by atoms with Crippen molar-refractivity contribution < 1.29 is 0 Å². The summed E-state index contributed by atoms with van der Waals surface area (Å²) in [5, 5.41) is 8.03. The van der Waals surface area contributed by atoms with Gasteiger partial charge in [0.05, 0.1) is 5.69 Å². The molecule has 0 aromatic carbocycles. The lowest BCUT2D eigenvalue weighted by molar-refractivity contribution is 0.633. The molecular weight excluding hydrogens is 174 g/mol. The van der Waals surface area contributed by atoms with Crippen LogP contribution in [-0.4, -0.2) is 15.2 Å². The molecule has 1 heterocycles. The SMILES string of the molecule is Cc1nnc2c(n1)C=CC(C)(C)C=C2. The highest BCUT2D eigenvalue weighted by Crippen LogP contribution is 2.25. The van der Waals surface area contributed by atoms with Gasteiger partial charge >= 0.3 is 0 Å². The van der Waals surface area contributed by atoms with E-state index in [1.165, 1.54) is 0 Å². The van der Waals surface area contributed by atoms with E-state index >= 15 is 0 Å². The maximum absolute atomic E-state index is 4.33. The van der Waals surface area contributed by atoms with Gasteiger partial charge in [-0.05, 0) is 19.1 Å². The van der Waals surface area contributed by atoms with E-state index in [0.717, 1.165) is 11.4 Å². The van der Waals surface area contributed by atoms with Crippen molar-refractivity contribution in [2.24, 2.45) is 5.41 Å². The third-order valence-electron chi connectivity index (χ3n) is 2.19. The molecule has 0 bridgehead atoms. The standard InChI is InChI=1S/C11H13N3/c1-8-12-9-4-6-11(2,3)7-5-10(9)14-13-8/h4-7H,1-3H3. The number of rotatable bonds is 0. The number of aromatic nitrogens is 3. The first-order valence-corrected chi connectivity index (χ1v) is 4.67. The number of nitrogens with zero attached hydrogens (tertiary/aromatic N) is 3. The van der Waals surface area contributed by atoms with E-state index in [1.807, 2.05) is 19.1 Å². The van der Waals surface area contributed by atoms with Gasteiger partial charge < -0.3 is 0 Å². The second-order valence-corrected chi connectivity index (χ2v) is 4.12. The maximum Gasteiger partial charge on any atom is 0.148 e. The van der Waals surface area contributed by atoms with Gasteiger partial charge in [-0.2, -0.15) is 0 Å². The summed E-state index contributed by atoms with van der Waals surface area (Å²) in [4.78, 5) is 4.33. The Morgan fingerprint density at radius 3 is 2.36 bits per heavy atom. The predicted octanol–water partition coefficient (Wildman–Crippen LogP) is 2.25. The molecule has 0 amide bonds. The minimum Gasteiger partial charge on any atom is -0.230 e. The minimum atomic E-state index is 0.0658. The Balaban J connectivity index is 2.54. The zero-order valence-corrected chi connectivity index (χ0v) is 8.65. The molecule has 1 aromatic rings. The maximum atomic E-state index is 4.33. The fourth-order valence-corrected chi connectivity index (χ4v) is 1.32. The summed E-state index contributed by atoms with van der Waals surface area (Å²) in [6, 6.07) is 0. The Morgan fingerprint density at radius 1 is 1.00 bits per heavy atom. The lowest BCUT2D eigenvalue weighted by Gasteiger charge is -2.11. The van der Waals surface area contributed by atoms with Crippen LogP contribution in [0.5, 0.6) is 0 Å². The van der Waals surface area contributed by atoms with Crippen molar-refractivity contribution in [2.75, 3.05) is 0 Å². The quantitative estimate of drug-likeness (QED) is 0.625. The topological polar surface area (TPSA) is 38.7 Å². The number of aryl methyl sites for hydroxylation is 1. The van der Waals surface area contributed by atoms with Crippen LogP contribution < -0.4 is 0 Å². The van der Waals surface area contributed by atoms with E-state index in [0.29, 0.717) is 5.82 Å². The third kappa shape index (κ3) is 1.71. The molecule has 0 unspecified atom stereocenters. The van der Waals surface area contributed by atoms with Gasteiger partial charge in [0.1, 0.15) is 11.5 Å². The molecule has 0 saturated carbocycles. The van der Waals surface area contributed by atoms with Crippen LogP contribution in [0.1, 0.15) is 31.1 Å². The molecule has 3 heteroatoms. The summed E-state index contributed by atoms with van der Waals surface area (Å²) < 4.78 is 0. The summed E-state index contributed by atoms with van der Waals surface area (Å²) in [5.41, 5.74) is 1.81. The molecule has 1 aliphatic carbocycles. The van der Waals surface area contributed by atoms with Gasteiger partial charge in [-0.1, -0.05) is 26.0 Å². The van der Waals surface area contributed by atoms with Crippen molar-refractivity contribution in [3.63, 3.8) is 0 Å². The lowest BCUT2D eigenvalue weighted by atomic mass is 9.93. The highest BCUT2D eigenvalue weighted by atomic mass is 15.2. The molecule has 0 aliphatic heterocycles. The predicted molar refractivity (Wildman–Crippen MR) is 56.4 cm³/mol. The van der Waals surface area contributed by atoms with Gasteiger partial charge in [0, 0.05) is 5.41 Å². The van der Waals surface area contributed by atoms with Gasteiger partial charge in [0.15, 0.2) is 0 Å². The Morgan fingerprint density at radius 2 is 1.64 bits per heavy atom. The lowest BCUT2D eigenvalue weighted by Crippen LogP contribution is -2.00. The van der Waals surface area contributed by atoms with Crippen LogP contribution in [0.3, 0.4) is 0 Å². The fraction of sp³-hybridized carbons (Fsp3) is 0.364. The van der Waals surface area contributed by atoms with Gasteiger partial charge in [0.25, 0.3) is 0 Å². The zero-order valence-electron chi connectivity index (χ0n) is 8.65. The molecule has 1 aromatic heterocycles. The van der Waals surface area contributed by atoms with E-state index in [9.17, 15) is 0 Å². The molecular formula is C11H13N3. The monoisotopic (exact) mass is 187 g/mol. The largest absolute Gasteiger partial charge is 0.230 e. The van der Waals surface area contributed by atoms with E-state index in [4.69, 9.17) is 0 Å². The van der Waals surface area contributed by atoms with Gasteiger partial charge in [0.2, 0.25) is 0 Å². The molecule has 0 atom stereocenters. The second-order valence-electron chi connectivity index (χ2n) is 4.12. The minimum absolute atomic E-state index is 0.0658. The summed E-state index contributed by atoms with van der Waals surface area (Å²) in [6.07, 6.45) is 8.23. The van der Waals surface area contributed by atoms with Gasteiger partial charge in [-0.25, -0.2) is 4.98 Å². The first-order chi connectivity index (χ1) is 6.57. The van der Waals surface area contributed by atoms with Gasteiger partial charge in [-0.3, -0.25) is 0 Å².